The Kier molecular flexibility index (Phi) is 4.34. The molecule has 1 aromatic rings. The van der Waals surface area contributed by atoms with Crippen LogP contribution < -0.4 is 16.5 Å². The third-order valence-corrected chi connectivity index (χ3v) is 2.65. The number of carbonyl (C=O) groups excluding carboxylic acids is 1. The maximum atomic E-state index is 11.6. The van der Waals surface area contributed by atoms with Gasteiger partial charge in [0.15, 0.2) is 0 Å². The molecule has 1 amide bonds. The highest BCUT2D eigenvalue weighted by Gasteiger charge is 2.29. The minimum Gasteiger partial charge on any atom is -0.530 e. The van der Waals surface area contributed by atoms with E-state index in [2.05, 4.69) is 4.98 Å². The molecule has 0 fully saturated rings. The molecule has 0 aliphatic carbocycles. The lowest BCUT2D eigenvalue weighted by molar-refractivity contribution is -0.272. The molecule has 1 unspecified atom stereocenters. The molecule has 0 saturated heterocycles. The molecule has 0 bridgehead atoms. The molecule has 1 rings (SSSR count). The summed E-state index contributed by atoms with van der Waals surface area (Å²) in [6, 6.07) is 2.20. The Morgan fingerprint density at radius 3 is 2.65 bits per heavy atom. The molecule has 20 heavy (non-hydrogen) atoms. The van der Waals surface area contributed by atoms with Crippen molar-refractivity contribution >= 4 is 11.9 Å². The second kappa shape index (κ2) is 5.61. The van der Waals surface area contributed by atoms with Gasteiger partial charge in [-0.15, -0.1) is 0 Å². The first-order chi connectivity index (χ1) is 9.16. The Morgan fingerprint density at radius 2 is 2.25 bits per heavy atom. The van der Waals surface area contributed by atoms with Gasteiger partial charge >= 0.3 is 5.69 Å². The van der Waals surface area contributed by atoms with Crippen molar-refractivity contribution in [3.63, 3.8) is 0 Å². The topological polar surface area (TPSA) is 128 Å². The Hall–Kier alpha value is -2.56. The number of hydrogen-bond donors (Lipinski definition) is 1. The number of nitrogens with zero attached hydrogens (tertiary/aromatic N) is 4. The molecule has 0 spiro atoms. The van der Waals surface area contributed by atoms with Crippen molar-refractivity contribution in [1.82, 2.24) is 14.5 Å². The number of carboxylic acid groups (broad SMARTS) is 1. The number of nitriles is 1. The zero-order chi connectivity index (χ0) is 15.5. The third kappa shape index (κ3) is 3.47. The van der Waals surface area contributed by atoms with Crippen molar-refractivity contribution in [2.75, 3.05) is 5.73 Å². The molecule has 108 valence electrons. The van der Waals surface area contributed by atoms with Crippen LogP contribution in [0.2, 0.25) is 0 Å². The smallest absolute Gasteiger partial charge is 0.349 e. The summed E-state index contributed by atoms with van der Waals surface area (Å²) in [7, 11) is 0. The van der Waals surface area contributed by atoms with Crippen LogP contribution in [0.15, 0.2) is 17.1 Å². The van der Waals surface area contributed by atoms with E-state index in [-0.39, 0.29) is 12.4 Å². The molecular formula is C12H16N5O3-. The number of nitrogen functional groups attached to an aromatic ring is 1. The van der Waals surface area contributed by atoms with Crippen LogP contribution in [0.4, 0.5) is 10.6 Å². The summed E-state index contributed by atoms with van der Waals surface area (Å²) in [4.78, 5) is 27.3. The van der Waals surface area contributed by atoms with Crippen LogP contribution >= 0.6 is 0 Å². The van der Waals surface area contributed by atoms with E-state index in [1.165, 1.54) is 12.3 Å². The second-order valence-corrected chi connectivity index (χ2v) is 5.24. The van der Waals surface area contributed by atoms with Crippen molar-refractivity contribution < 1.29 is 9.90 Å². The van der Waals surface area contributed by atoms with Crippen molar-refractivity contribution in [3.8, 4) is 6.07 Å². The van der Waals surface area contributed by atoms with Gasteiger partial charge in [0.1, 0.15) is 18.0 Å². The van der Waals surface area contributed by atoms with Gasteiger partial charge in [-0.2, -0.15) is 10.2 Å². The Bertz CT molecular complexity index is 596. The molecule has 8 nitrogen and oxygen atoms in total. The average Bonchev–Trinajstić information content (AvgIpc) is 2.29. The van der Waals surface area contributed by atoms with Gasteiger partial charge in [-0.1, -0.05) is 0 Å². The first-order valence-electron chi connectivity index (χ1n) is 5.89. The molecule has 0 saturated carbocycles. The predicted octanol–water partition coefficient (Wildman–Crippen LogP) is -0.839. The lowest BCUT2D eigenvalue weighted by atomic mass is 10.0. The fraction of sp³-hybridized carbons (Fsp3) is 0.500. The van der Waals surface area contributed by atoms with E-state index in [0.29, 0.717) is 0 Å². The largest absolute Gasteiger partial charge is 0.530 e. The number of hydrogen-bond acceptors (Lipinski definition) is 6. The highest BCUT2D eigenvalue weighted by Crippen LogP contribution is 2.17. The van der Waals surface area contributed by atoms with Crippen LogP contribution in [0, 0.1) is 11.3 Å². The molecule has 1 heterocycles. The van der Waals surface area contributed by atoms with Gasteiger partial charge in [0.2, 0.25) is 0 Å². The molecule has 0 aliphatic heterocycles. The molecule has 8 heteroatoms. The average molecular weight is 278 g/mol. The molecule has 0 radical (unpaired) electrons. The van der Waals surface area contributed by atoms with Crippen LogP contribution in [-0.2, 0) is 6.54 Å². The summed E-state index contributed by atoms with van der Waals surface area (Å²) in [5.74, 6) is 0.0623. The summed E-state index contributed by atoms with van der Waals surface area (Å²) >= 11 is 0. The summed E-state index contributed by atoms with van der Waals surface area (Å²) in [5, 5.41) is 20.4. The van der Waals surface area contributed by atoms with Gasteiger partial charge in [0.25, 0.3) is 0 Å². The number of rotatable bonds is 3. The first kappa shape index (κ1) is 15.5. The third-order valence-electron chi connectivity index (χ3n) is 2.65. The Morgan fingerprint density at radius 1 is 1.65 bits per heavy atom. The van der Waals surface area contributed by atoms with Gasteiger partial charge in [-0.05, 0) is 26.8 Å². The minimum atomic E-state index is -1.47. The van der Waals surface area contributed by atoms with Crippen LogP contribution in [0.1, 0.15) is 20.8 Å². The normalized spacial score (nSPS) is 12.5. The molecule has 1 atom stereocenters. The SMILES string of the molecule is CC(C)(C)N(C(=O)[O-])C(C#N)Cn1ccc(N)nc1=O. The van der Waals surface area contributed by atoms with Crippen LogP contribution in [0.25, 0.3) is 0 Å². The van der Waals surface area contributed by atoms with Gasteiger partial charge in [-0.25, -0.2) is 4.79 Å². The quantitative estimate of drug-likeness (QED) is 0.767. The van der Waals surface area contributed by atoms with Gasteiger partial charge in [-0.3, -0.25) is 4.57 Å². The zero-order valence-corrected chi connectivity index (χ0v) is 11.5. The Balaban J connectivity index is 3.11. The highest BCUT2D eigenvalue weighted by atomic mass is 16.4. The van der Waals surface area contributed by atoms with E-state index in [9.17, 15) is 20.0 Å². The van der Waals surface area contributed by atoms with Gasteiger partial charge < -0.3 is 20.5 Å². The molecule has 1 aromatic heterocycles. The van der Waals surface area contributed by atoms with Crippen molar-refractivity contribution in [2.45, 2.75) is 38.9 Å². The molecule has 0 aliphatic rings. The number of aromatic nitrogens is 2. The molecule has 2 N–H and O–H groups in total. The van der Waals surface area contributed by atoms with Crippen LogP contribution in [0.5, 0.6) is 0 Å². The summed E-state index contributed by atoms with van der Waals surface area (Å²) in [5.41, 5.74) is 3.89. The summed E-state index contributed by atoms with van der Waals surface area (Å²) < 4.78 is 1.13. The van der Waals surface area contributed by atoms with Crippen molar-refractivity contribution in [2.24, 2.45) is 0 Å². The van der Waals surface area contributed by atoms with Crippen LogP contribution in [-0.4, -0.2) is 32.1 Å². The summed E-state index contributed by atoms with van der Waals surface area (Å²) in [6.45, 7) is 4.76. The number of amides is 1. The maximum Gasteiger partial charge on any atom is 0.349 e. The van der Waals surface area contributed by atoms with Crippen molar-refractivity contribution in [1.29, 1.82) is 5.26 Å². The number of anilines is 1. The van der Waals surface area contributed by atoms with Crippen LogP contribution in [0.3, 0.4) is 0 Å². The molecule has 0 aromatic carbocycles. The summed E-state index contributed by atoms with van der Waals surface area (Å²) in [6.07, 6.45) is -0.106. The maximum absolute atomic E-state index is 11.6. The lowest BCUT2D eigenvalue weighted by Gasteiger charge is -2.40. The Labute approximate surface area is 116 Å². The number of carbonyl (C=O) groups is 1. The minimum absolute atomic E-state index is 0.0623. The zero-order valence-electron chi connectivity index (χ0n) is 11.5. The fourth-order valence-corrected chi connectivity index (χ4v) is 1.82. The fourth-order valence-electron chi connectivity index (χ4n) is 1.82. The lowest BCUT2D eigenvalue weighted by Crippen LogP contribution is -2.57. The van der Waals surface area contributed by atoms with E-state index in [4.69, 9.17) is 5.73 Å². The highest BCUT2D eigenvalue weighted by molar-refractivity contribution is 5.64. The first-order valence-corrected chi connectivity index (χ1v) is 5.89. The van der Waals surface area contributed by atoms with Gasteiger partial charge in [0.05, 0.1) is 12.6 Å². The number of nitrogens with two attached hydrogens (primary N) is 1. The van der Waals surface area contributed by atoms with E-state index in [1.54, 1.807) is 20.8 Å². The standard InChI is InChI=1S/C12H17N5O3/c1-12(2,3)17(11(19)20)8(6-13)7-16-5-4-9(14)15-10(16)18/h4-5,8H,7H2,1-3H3,(H,19,20)(H2,14,15,18)/p-1. The van der Waals surface area contributed by atoms with E-state index in [0.717, 1.165) is 9.47 Å². The predicted molar refractivity (Wildman–Crippen MR) is 69.3 cm³/mol. The van der Waals surface area contributed by atoms with E-state index >= 15 is 0 Å². The van der Waals surface area contributed by atoms with Crippen molar-refractivity contribution in [3.05, 3.63) is 22.7 Å². The van der Waals surface area contributed by atoms with E-state index < -0.39 is 23.4 Å². The van der Waals surface area contributed by atoms with E-state index in [1.807, 2.05) is 6.07 Å². The van der Waals surface area contributed by atoms with Gasteiger partial charge in [0, 0.05) is 11.7 Å². The molecular weight excluding hydrogens is 262 g/mol. The monoisotopic (exact) mass is 278 g/mol. The second-order valence-electron chi connectivity index (χ2n) is 5.24.